The highest BCUT2D eigenvalue weighted by atomic mass is 16.3. The van der Waals surface area contributed by atoms with Crippen LogP contribution in [0.4, 0.5) is 0 Å². The number of hydrogen-bond donors (Lipinski definition) is 2. The zero-order valence-corrected chi connectivity index (χ0v) is 10.1. The van der Waals surface area contributed by atoms with Crippen LogP contribution in [0.15, 0.2) is 0 Å². The van der Waals surface area contributed by atoms with Gasteiger partial charge in [-0.15, -0.1) is 0 Å². The molecule has 3 atom stereocenters. The van der Waals surface area contributed by atoms with Crippen LogP contribution in [-0.2, 0) is 0 Å². The maximum absolute atomic E-state index is 10.8. The molecule has 0 saturated heterocycles. The Bertz CT molecular complexity index is 235. The first-order chi connectivity index (χ1) is 7.02. The average molecular weight is 211 g/mol. The van der Waals surface area contributed by atoms with Gasteiger partial charge in [0.05, 0.1) is 5.60 Å². The normalized spacial score (nSPS) is 41.2. The van der Waals surface area contributed by atoms with Gasteiger partial charge in [-0.3, -0.25) is 0 Å². The third-order valence-corrected chi connectivity index (χ3v) is 4.93. The van der Waals surface area contributed by atoms with E-state index in [0.29, 0.717) is 12.5 Å². The first-order valence-electron chi connectivity index (χ1n) is 6.44. The average Bonchev–Trinajstić information content (AvgIpc) is 3.00. The molecular formula is C13H25NO. The van der Waals surface area contributed by atoms with E-state index >= 15 is 0 Å². The smallest absolute Gasteiger partial charge is 0.0715 e. The molecule has 0 amide bonds. The van der Waals surface area contributed by atoms with E-state index < -0.39 is 5.60 Å². The fraction of sp³-hybridized carbons (Fsp3) is 1.00. The number of hydrogen-bond acceptors (Lipinski definition) is 2. The lowest BCUT2D eigenvalue weighted by Crippen LogP contribution is -2.54. The van der Waals surface area contributed by atoms with Gasteiger partial charge in [-0.2, -0.15) is 0 Å². The van der Waals surface area contributed by atoms with Crippen LogP contribution in [-0.4, -0.2) is 17.3 Å². The summed E-state index contributed by atoms with van der Waals surface area (Å²) >= 11 is 0. The summed E-state index contributed by atoms with van der Waals surface area (Å²) in [7, 11) is 0. The number of rotatable bonds is 3. The van der Waals surface area contributed by atoms with E-state index in [9.17, 15) is 5.11 Å². The van der Waals surface area contributed by atoms with Crippen molar-refractivity contribution in [2.24, 2.45) is 23.0 Å². The van der Waals surface area contributed by atoms with E-state index in [-0.39, 0.29) is 5.41 Å². The molecule has 0 spiro atoms. The zero-order valence-electron chi connectivity index (χ0n) is 10.1. The Hall–Kier alpha value is -0.0800. The first kappa shape index (κ1) is 11.4. The van der Waals surface area contributed by atoms with Gasteiger partial charge in [0.2, 0.25) is 0 Å². The highest BCUT2D eigenvalue weighted by Crippen LogP contribution is 2.55. The van der Waals surface area contributed by atoms with E-state index in [2.05, 4.69) is 6.92 Å². The van der Waals surface area contributed by atoms with Crippen molar-refractivity contribution in [3.8, 4) is 0 Å². The van der Waals surface area contributed by atoms with Crippen LogP contribution in [0.5, 0.6) is 0 Å². The Kier molecular flexibility index (Phi) is 2.85. The Labute approximate surface area is 93.2 Å². The van der Waals surface area contributed by atoms with Gasteiger partial charge in [0.15, 0.2) is 0 Å². The predicted octanol–water partition coefficient (Wildman–Crippen LogP) is 2.30. The summed E-state index contributed by atoms with van der Waals surface area (Å²) in [6, 6.07) is 0. The Morgan fingerprint density at radius 1 is 1.40 bits per heavy atom. The topological polar surface area (TPSA) is 46.2 Å². The molecule has 0 radical (unpaired) electrons. The van der Waals surface area contributed by atoms with Crippen molar-refractivity contribution in [2.45, 2.75) is 58.0 Å². The number of nitrogens with two attached hydrogens (primary N) is 1. The molecule has 0 heterocycles. The van der Waals surface area contributed by atoms with Crippen LogP contribution < -0.4 is 5.73 Å². The van der Waals surface area contributed by atoms with E-state index in [1.165, 1.54) is 25.7 Å². The third-order valence-electron chi connectivity index (χ3n) is 4.93. The summed E-state index contributed by atoms with van der Waals surface area (Å²) in [5.41, 5.74) is 5.48. The summed E-state index contributed by atoms with van der Waals surface area (Å²) in [6.45, 7) is 4.99. The number of aliphatic hydroxyl groups is 1. The molecule has 0 bridgehead atoms. The van der Waals surface area contributed by atoms with Crippen molar-refractivity contribution in [1.29, 1.82) is 0 Å². The second-order valence-electron chi connectivity index (χ2n) is 6.11. The molecule has 2 rings (SSSR count). The van der Waals surface area contributed by atoms with Gasteiger partial charge >= 0.3 is 0 Å². The van der Waals surface area contributed by atoms with Crippen molar-refractivity contribution in [3.63, 3.8) is 0 Å². The van der Waals surface area contributed by atoms with Crippen LogP contribution >= 0.6 is 0 Å². The molecule has 0 aromatic carbocycles. The van der Waals surface area contributed by atoms with Crippen LogP contribution in [0.3, 0.4) is 0 Å². The molecule has 0 aromatic heterocycles. The van der Waals surface area contributed by atoms with E-state index in [1.807, 2.05) is 6.92 Å². The lowest BCUT2D eigenvalue weighted by Gasteiger charge is -2.49. The summed E-state index contributed by atoms with van der Waals surface area (Å²) in [5.74, 6) is 1.25. The fourth-order valence-electron chi connectivity index (χ4n) is 3.59. The van der Waals surface area contributed by atoms with Crippen molar-refractivity contribution < 1.29 is 5.11 Å². The maximum Gasteiger partial charge on any atom is 0.0715 e. The second kappa shape index (κ2) is 3.74. The molecule has 3 N–H and O–H groups in total. The molecule has 2 saturated carbocycles. The molecule has 88 valence electrons. The van der Waals surface area contributed by atoms with E-state index in [4.69, 9.17) is 5.73 Å². The van der Waals surface area contributed by atoms with Crippen molar-refractivity contribution in [1.82, 2.24) is 0 Å². The minimum atomic E-state index is -0.517. The summed E-state index contributed by atoms with van der Waals surface area (Å²) in [4.78, 5) is 0. The maximum atomic E-state index is 10.8. The zero-order chi connectivity index (χ0) is 11.1. The van der Waals surface area contributed by atoms with Gasteiger partial charge in [0.25, 0.3) is 0 Å². The highest BCUT2D eigenvalue weighted by molar-refractivity contribution is 5.06. The molecule has 2 heteroatoms. The van der Waals surface area contributed by atoms with Crippen LogP contribution in [0.25, 0.3) is 0 Å². The summed E-state index contributed by atoms with van der Waals surface area (Å²) < 4.78 is 0. The Morgan fingerprint density at radius 2 is 2.07 bits per heavy atom. The van der Waals surface area contributed by atoms with Gasteiger partial charge < -0.3 is 10.8 Å². The largest absolute Gasteiger partial charge is 0.389 e. The third kappa shape index (κ3) is 1.83. The monoisotopic (exact) mass is 211 g/mol. The lowest BCUT2D eigenvalue weighted by atomic mass is 9.60. The molecule has 2 aliphatic rings. The summed E-state index contributed by atoms with van der Waals surface area (Å²) in [5, 5.41) is 10.8. The Morgan fingerprint density at radius 3 is 2.53 bits per heavy atom. The molecule has 3 unspecified atom stereocenters. The minimum absolute atomic E-state index is 0.00579. The predicted molar refractivity (Wildman–Crippen MR) is 62.5 cm³/mol. The quantitative estimate of drug-likeness (QED) is 0.752. The van der Waals surface area contributed by atoms with Gasteiger partial charge in [-0.1, -0.05) is 19.8 Å². The second-order valence-corrected chi connectivity index (χ2v) is 6.11. The summed E-state index contributed by atoms with van der Waals surface area (Å²) in [6.07, 6.45) is 7.18. The molecule has 15 heavy (non-hydrogen) atoms. The molecule has 0 aliphatic heterocycles. The van der Waals surface area contributed by atoms with Crippen molar-refractivity contribution >= 4 is 0 Å². The lowest BCUT2D eigenvalue weighted by molar-refractivity contribution is -0.109. The molecule has 2 fully saturated rings. The Balaban J connectivity index is 2.18. The van der Waals surface area contributed by atoms with Crippen molar-refractivity contribution in [3.05, 3.63) is 0 Å². The van der Waals surface area contributed by atoms with Crippen LogP contribution in [0, 0.1) is 17.3 Å². The van der Waals surface area contributed by atoms with Gasteiger partial charge in [0.1, 0.15) is 0 Å². The molecular weight excluding hydrogens is 186 g/mol. The highest BCUT2D eigenvalue weighted by Gasteiger charge is 2.54. The molecule has 2 nitrogen and oxygen atoms in total. The first-order valence-corrected chi connectivity index (χ1v) is 6.44. The van der Waals surface area contributed by atoms with E-state index in [0.717, 1.165) is 18.8 Å². The molecule has 2 aliphatic carbocycles. The standard InChI is InChI=1S/C13H25NO/c1-10-4-3-7-13(8-10,9-14)12(2,15)11-5-6-11/h10-11,15H,3-9,14H2,1-2H3. The van der Waals surface area contributed by atoms with Gasteiger partial charge in [-0.25, -0.2) is 0 Å². The van der Waals surface area contributed by atoms with Crippen LogP contribution in [0.2, 0.25) is 0 Å². The van der Waals surface area contributed by atoms with Crippen molar-refractivity contribution in [2.75, 3.05) is 6.54 Å². The van der Waals surface area contributed by atoms with Gasteiger partial charge in [-0.05, 0) is 44.4 Å². The van der Waals surface area contributed by atoms with E-state index in [1.54, 1.807) is 0 Å². The van der Waals surface area contributed by atoms with Crippen LogP contribution in [0.1, 0.15) is 52.4 Å². The fourth-order valence-corrected chi connectivity index (χ4v) is 3.59. The van der Waals surface area contributed by atoms with Gasteiger partial charge in [0, 0.05) is 12.0 Å². The molecule has 0 aromatic rings. The SMILES string of the molecule is CC1CCCC(CN)(C(C)(O)C2CC2)C1. The minimum Gasteiger partial charge on any atom is -0.389 e.